The standard InChI is InChI=1S/C24H33N3O4S/c1-4-21(18-28)26-14-16-27(17-15-26)32(30,31)22-12-10-19(11-13-22)23(29)25-24(2,3)20-8-6-5-7-9-20/h5-13,21,28H,4,14-18H2,1-3H3,(H,25,29)/t21-/m1/s1. The number of sulfonamides is 1. The third-order valence-electron chi connectivity index (χ3n) is 6.15. The summed E-state index contributed by atoms with van der Waals surface area (Å²) in [7, 11) is -3.63. The molecule has 1 atom stereocenters. The summed E-state index contributed by atoms with van der Waals surface area (Å²) in [5, 5.41) is 12.5. The van der Waals surface area contributed by atoms with Crippen LogP contribution in [-0.2, 0) is 15.6 Å². The number of carbonyl (C=O) groups excluding carboxylic acids is 1. The minimum absolute atomic E-state index is 0.0674. The Morgan fingerprint density at radius 3 is 2.16 bits per heavy atom. The topological polar surface area (TPSA) is 90.0 Å². The van der Waals surface area contributed by atoms with Crippen LogP contribution in [0.4, 0.5) is 0 Å². The number of piperazine rings is 1. The van der Waals surface area contributed by atoms with E-state index in [1.165, 1.54) is 16.4 Å². The molecule has 0 aromatic heterocycles. The van der Waals surface area contributed by atoms with Gasteiger partial charge in [0.1, 0.15) is 0 Å². The lowest BCUT2D eigenvalue weighted by Crippen LogP contribution is -2.52. The van der Waals surface area contributed by atoms with Crippen LogP contribution in [0.1, 0.15) is 43.1 Å². The molecule has 2 N–H and O–H groups in total. The van der Waals surface area contributed by atoms with Gasteiger partial charge in [0.15, 0.2) is 0 Å². The summed E-state index contributed by atoms with van der Waals surface area (Å²) in [5.74, 6) is -0.258. The molecule has 1 saturated heterocycles. The van der Waals surface area contributed by atoms with Gasteiger partial charge in [0, 0.05) is 37.8 Å². The first kappa shape index (κ1) is 24.4. The number of nitrogens with zero attached hydrogens (tertiary/aromatic N) is 2. The zero-order valence-electron chi connectivity index (χ0n) is 19.0. The van der Waals surface area contributed by atoms with E-state index in [2.05, 4.69) is 10.2 Å². The Labute approximate surface area is 191 Å². The van der Waals surface area contributed by atoms with Gasteiger partial charge in [0.05, 0.1) is 17.0 Å². The molecule has 0 unspecified atom stereocenters. The fourth-order valence-electron chi connectivity index (χ4n) is 4.02. The Bertz CT molecular complexity index is 995. The van der Waals surface area contributed by atoms with Crippen molar-refractivity contribution in [2.45, 2.75) is 43.7 Å². The van der Waals surface area contributed by atoms with Crippen molar-refractivity contribution in [2.24, 2.45) is 0 Å². The number of rotatable bonds is 8. The fraction of sp³-hybridized carbons (Fsp3) is 0.458. The van der Waals surface area contributed by atoms with Gasteiger partial charge in [-0.15, -0.1) is 0 Å². The highest BCUT2D eigenvalue weighted by molar-refractivity contribution is 7.89. The molecule has 1 amide bonds. The van der Waals surface area contributed by atoms with Gasteiger partial charge in [-0.2, -0.15) is 4.31 Å². The van der Waals surface area contributed by atoms with Crippen LogP contribution in [0.2, 0.25) is 0 Å². The molecule has 1 fully saturated rings. The van der Waals surface area contributed by atoms with E-state index in [1.54, 1.807) is 12.1 Å². The highest BCUT2D eigenvalue weighted by atomic mass is 32.2. The number of benzene rings is 2. The van der Waals surface area contributed by atoms with Crippen molar-refractivity contribution in [1.82, 2.24) is 14.5 Å². The largest absolute Gasteiger partial charge is 0.395 e. The van der Waals surface area contributed by atoms with Gasteiger partial charge < -0.3 is 10.4 Å². The minimum atomic E-state index is -3.63. The molecule has 2 aromatic rings. The molecular weight excluding hydrogens is 426 g/mol. The second-order valence-electron chi connectivity index (χ2n) is 8.65. The third-order valence-corrected chi connectivity index (χ3v) is 8.06. The van der Waals surface area contributed by atoms with Crippen LogP contribution < -0.4 is 5.32 Å². The van der Waals surface area contributed by atoms with Crippen molar-refractivity contribution in [3.05, 3.63) is 65.7 Å². The van der Waals surface area contributed by atoms with E-state index >= 15 is 0 Å². The van der Waals surface area contributed by atoms with E-state index in [0.717, 1.165) is 12.0 Å². The molecule has 1 aliphatic rings. The molecule has 1 heterocycles. The minimum Gasteiger partial charge on any atom is -0.395 e. The summed E-state index contributed by atoms with van der Waals surface area (Å²) < 4.78 is 27.6. The molecule has 0 aliphatic carbocycles. The second kappa shape index (κ2) is 10.1. The van der Waals surface area contributed by atoms with Gasteiger partial charge in [-0.05, 0) is 50.1 Å². The van der Waals surface area contributed by atoms with Crippen molar-refractivity contribution in [3.8, 4) is 0 Å². The lowest BCUT2D eigenvalue weighted by Gasteiger charge is -2.37. The maximum absolute atomic E-state index is 13.1. The Morgan fingerprint density at radius 2 is 1.62 bits per heavy atom. The van der Waals surface area contributed by atoms with E-state index in [9.17, 15) is 18.3 Å². The van der Waals surface area contributed by atoms with Gasteiger partial charge >= 0.3 is 0 Å². The quantitative estimate of drug-likeness (QED) is 0.633. The van der Waals surface area contributed by atoms with Crippen LogP contribution in [0.25, 0.3) is 0 Å². The lowest BCUT2D eigenvalue weighted by atomic mass is 9.94. The number of amides is 1. The van der Waals surface area contributed by atoms with E-state index in [4.69, 9.17) is 0 Å². The zero-order valence-corrected chi connectivity index (χ0v) is 19.8. The number of hydrogen-bond acceptors (Lipinski definition) is 5. The molecule has 32 heavy (non-hydrogen) atoms. The summed E-state index contributed by atoms with van der Waals surface area (Å²) in [4.78, 5) is 15.1. The van der Waals surface area contributed by atoms with Crippen molar-refractivity contribution in [3.63, 3.8) is 0 Å². The molecule has 1 aliphatic heterocycles. The number of hydrogen-bond donors (Lipinski definition) is 2. The van der Waals surface area contributed by atoms with E-state index < -0.39 is 15.6 Å². The average Bonchev–Trinajstić information content (AvgIpc) is 2.80. The Kier molecular flexibility index (Phi) is 7.71. The van der Waals surface area contributed by atoms with Crippen molar-refractivity contribution < 1.29 is 18.3 Å². The van der Waals surface area contributed by atoms with Crippen LogP contribution in [0.3, 0.4) is 0 Å². The molecule has 3 rings (SSSR count). The Balaban J connectivity index is 1.66. The first-order valence-corrected chi connectivity index (χ1v) is 12.5. The number of aliphatic hydroxyl groups is 1. The maximum atomic E-state index is 13.1. The molecular formula is C24H33N3O4S. The first-order chi connectivity index (χ1) is 15.2. The van der Waals surface area contributed by atoms with Gasteiger partial charge in [-0.3, -0.25) is 9.69 Å². The molecule has 2 aromatic carbocycles. The predicted octanol–water partition coefficient (Wildman–Crippen LogP) is 2.43. The molecule has 174 valence electrons. The van der Waals surface area contributed by atoms with Crippen molar-refractivity contribution >= 4 is 15.9 Å². The molecule has 8 heteroatoms. The molecule has 0 spiro atoms. The van der Waals surface area contributed by atoms with Gasteiger partial charge in [-0.25, -0.2) is 8.42 Å². The van der Waals surface area contributed by atoms with Crippen LogP contribution in [0.15, 0.2) is 59.5 Å². The van der Waals surface area contributed by atoms with E-state index in [1.807, 2.05) is 51.1 Å². The molecule has 0 radical (unpaired) electrons. The Hall–Kier alpha value is -2.26. The lowest BCUT2D eigenvalue weighted by molar-refractivity contribution is 0.0880. The zero-order chi connectivity index (χ0) is 23.4. The summed E-state index contributed by atoms with van der Waals surface area (Å²) in [6.45, 7) is 7.90. The van der Waals surface area contributed by atoms with Crippen LogP contribution in [-0.4, -0.2) is 67.5 Å². The molecule has 7 nitrogen and oxygen atoms in total. The van der Waals surface area contributed by atoms with Crippen LogP contribution >= 0.6 is 0 Å². The maximum Gasteiger partial charge on any atom is 0.251 e. The first-order valence-electron chi connectivity index (χ1n) is 11.0. The number of aliphatic hydroxyl groups excluding tert-OH is 1. The van der Waals surface area contributed by atoms with E-state index in [-0.39, 0.29) is 23.5 Å². The van der Waals surface area contributed by atoms with Gasteiger partial charge in [-0.1, -0.05) is 37.3 Å². The van der Waals surface area contributed by atoms with Gasteiger partial charge in [0.25, 0.3) is 5.91 Å². The highest BCUT2D eigenvalue weighted by Gasteiger charge is 2.31. The van der Waals surface area contributed by atoms with Gasteiger partial charge in [0.2, 0.25) is 10.0 Å². The second-order valence-corrected chi connectivity index (χ2v) is 10.6. The number of nitrogens with one attached hydrogen (secondary N) is 1. The van der Waals surface area contributed by atoms with Crippen molar-refractivity contribution in [1.29, 1.82) is 0 Å². The molecule has 0 bridgehead atoms. The number of carbonyl (C=O) groups is 1. The monoisotopic (exact) mass is 459 g/mol. The summed E-state index contributed by atoms with van der Waals surface area (Å²) in [6.07, 6.45) is 0.827. The van der Waals surface area contributed by atoms with Crippen molar-refractivity contribution in [2.75, 3.05) is 32.8 Å². The Morgan fingerprint density at radius 1 is 1.03 bits per heavy atom. The summed E-state index contributed by atoms with van der Waals surface area (Å²) in [6, 6.07) is 15.9. The summed E-state index contributed by atoms with van der Waals surface area (Å²) in [5.41, 5.74) is 0.831. The van der Waals surface area contributed by atoms with E-state index in [0.29, 0.717) is 31.7 Å². The smallest absolute Gasteiger partial charge is 0.251 e. The highest BCUT2D eigenvalue weighted by Crippen LogP contribution is 2.22. The summed E-state index contributed by atoms with van der Waals surface area (Å²) >= 11 is 0. The average molecular weight is 460 g/mol. The fourth-order valence-corrected chi connectivity index (χ4v) is 5.44. The van der Waals surface area contributed by atoms with Crippen LogP contribution in [0, 0.1) is 0 Å². The predicted molar refractivity (Wildman–Crippen MR) is 125 cm³/mol. The normalized spacial score (nSPS) is 17.1. The third kappa shape index (κ3) is 5.38. The van der Waals surface area contributed by atoms with Crippen LogP contribution in [0.5, 0.6) is 0 Å². The molecule has 0 saturated carbocycles. The SMILES string of the molecule is CC[C@H](CO)N1CCN(S(=O)(=O)c2ccc(C(=O)NC(C)(C)c3ccccc3)cc2)CC1.